The zero-order chi connectivity index (χ0) is 12.3. The molecular weight excluding hydrogens is 212 g/mol. The fourth-order valence-electron chi connectivity index (χ4n) is 2.57. The zero-order valence-corrected chi connectivity index (χ0v) is 10.8. The van der Waals surface area contributed by atoms with Gasteiger partial charge in [0.1, 0.15) is 5.82 Å². The Kier molecular flexibility index (Phi) is 3.62. The highest BCUT2D eigenvalue weighted by Gasteiger charge is 2.35. The standard InChI is InChI=1S/C13H22N4/c1-3-13(4-2)5-6-17(10-13)12-9-15-11(7-14)8-16-12/h8-9H,3-7,10,14H2,1-2H3. The molecule has 0 amide bonds. The summed E-state index contributed by atoms with van der Waals surface area (Å²) in [5, 5.41) is 0. The molecule has 2 heterocycles. The quantitative estimate of drug-likeness (QED) is 0.865. The van der Waals surface area contributed by atoms with Crippen molar-refractivity contribution in [2.45, 2.75) is 39.7 Å². The van der Waals surface area contributed by atoms with Crippen molar-refractivity contribution in [1.29, 1.82) is 0 Å². The highest BCUT2D eigenvalue weighted by atomic mass is 15.2. The summed E-state index contributed by atoms with van der Waals surface area (Å²) >= 11 is 0. The fraction of sp³-hybridized carbons (Fsp3) is 0.692. The summed E-state index contributed by atoms with van der Waals surface area (Å²) in [5.41, 5.74) is 6.86. The second kappa shape index (κ2) is 5.00. The Balaban J connectivity index is 2.09. The second-order valence-electron chi connectivity index (χ2n) is 4.95. The molecule has 0 spiro atoms. The van der Waals surface area contributed by atoms with Crippen LogP contribution in [0.2, 0.25) is 0 Å². The fourth-order valence-corrected chi connectivity index (χ4v) is 2.57. The third kappa shape index (κ3) is 2.41. The molecule has 0 saturated carbocycles. The third-order valence-corrected chi connectivity index (χ3v) is 4.16. The Bertz CT molecular complexity index is 356. The van der Waals surface area contributed by atoms with Crippen molar-refractivity contribution >= 4 is 5.82 Å². The molecule has 1 aliphatic heterocycles. The number of hydrogen-bond acceptors (Lipinski definition) is 4. The summed E-state index contributed by atoms with van der Waals surface area (Å²) in [6.07, 6.45) is 7.39. The predicted octanol–water partition coefficient (Wildman–Crippen LogP) is 1.95. The number of nitrogens with zero attached hydrogens (tertiary/aromatic N) is 3. The minimum Gasteiger partial charge on any atom is -0.355 e. The van der Waals surface area contributed by atoms with Gasteiger partial charge < -0.3 is 10.6 Å². The average molecular weight is 234 g/mol. The number of nitrogens with two attached hydrogens (primary N) is 1. The minimum absolute atomic E-state index is 0.459. The van der Waals surface area contributed by atoms with Gasteiger partial charge >= 0.3 is 0 Å². The lowest BCUT2D eigenvalue weighted by atomic mass is 9.82. The molecule has 1 saturated heterocycles. The van der Waals surface area contributed by atoms with Crippen molar-refractivity contribution in [3.63, 3.8) is 0 Å². The van der Waals surface area contributed by atoms with Crippen molar-refractivity contribution in [2.75, 3.05) is 18.0 Å². The molecule has 94 valence electrons. The molecule has 2 rings (SSSR count). The first-order valence-electron chi connectivity index (χ1n) is 6.49. The van der Waals surface area contributed by atoms with Crippen LogP contribution in [-0.2, 0) is 6.54 Å². The SMILES string of the molecule is CCC1(CC)CCN(c2cnc(CN)cn2)C1. The van der Waals surface area contributed by atoms with Crippen LogP contribution in [-0.4, -0.2) is 23.1 Å². The van der Waals surface area contributed by atoms with E-state index in [1.165, 1.54) is 19.3 Å². The number of anilines is 1. The molecule has 1 aromatic rings. The molecule has 0 bridgehead atoms. The summed E-state index contributed by atoms with van der Waals surface area (Å²) < 4.78 is 0. The number of hydrogen-bond donors (Lipinski definition) is 1. The van der Waals surface area contributed by atoms with Gasteiger partial charge in [-0.25, -0.2) is 4.98 Å². The summed E-state index contributed by atoms with van der Waals surface area (Å²) in [5.74, 6) is 0.992. The van der Waals surface area contributed by atoms with Crippen molar-refractivity contribution in [1.82, 2.24) is 9.97 Å². The van der Waals surface area contributed by atoms with Crippen molar-refractivity contribution in [3.8, 4) is 0 Å². The topological polar surface area (TPSA) is 55.0 Å². The molecule has 1 aromatic heterocycles. The molecular formula is C13H22N4. The van der Waals surface area contributed by atoms with Gasteiger partial charge in [-0.15, -0.1) is 0 Å². The van der Waals surface area contributed by atoms with E-state index in [9.17, 15) is 0 Å². The van der Waals surface area contributed by atoms with Crippen LogP contribution in [0, 0.1) is 5.41 Å². The van der Waals surface area contributed by atoms with Gasteiger partial charge in [-0.05, 0) is 24.7 Å². The third-order valence-electron chi connectivity index (χ3n) is 4.16. The molecule has 0 radical (unpaired) electrons. The van der Waals surface area contributed by atoms with Crippen LogP contribution >= 0.6 is 0 Å². The Morgan fingerprint density at radius 3 is 2.53 bits per heavy atom. The average Bonchev–Trinajstić information content (AvgIpc) is 2.84. The Morgan fingerprint density at radius 2 is 2.06 bits per heavy atom. The Labute approximate surface area is 103 Å². The minimum atomic E-state index is 0.459. The van der Waals surface area contributed by atoms with E-state index in [-0.39, 0.29) is 0 Å². The van der Waals surface area contributed by atoms with Crippen LogP contribution in [0.1, 0.15) is 38.8 Å². The molecule has 4 nitrogen and oxygen atoms in total. The van der Waals surface area contributed by atoms with Crippen LogP contribution in [0.3, 0.4) is 0 Å². The van der Waals surface area contributed by atoms with Crippen LogP contribution < -0.4 is 10.6 Å². The van der Waals surface area contributed by atoms with Gasteiger partial charge in [0.2, 0.25) is 0 Å². The van der Waals surface area contributed by atoms with E-state index >= 15 is 0 Å². The molecule has 0 aromatic carbocycles. The van der Waals surface area contributed by atoms with Gasteiger partial charge in [0.05, 0.1) is 18.1 Å². The Hall–Kier alpha value is -1.16. The molecule has 0 atom stereocenters. The smallest absolute Gasteiger partial charge is 0.147 e. The van der Waals surface area contributed by atoms with Crippen molar-refractivity contribution < 1.29 is 0 Å². The van der Waals surface area contributed by atoms with Gasteiger partial charge in [-0.2, -0.15) is 0 Å². The van der Waals surface area contributed by atoms with E-state index in [0.717, 1.165) is 24.6 Å². The maximum atomic E-state index is 5.52. The van der Waals surface area contributed by atoms with E-state index in [1.807, 2.05) is 6.20 Å². The van der Waals surface area contributed by atoms with Crippen LogP contribution in [0.25, 0.3) is 0 Å². The molecule has 0 unspecified atom stereocenters. The lowest BCUT2D eigenvalue weighted by Gasteiger charge is -2.26. The maximum absolute atomic E-state index is 5.52. The summed E-state index contributed by atoms with van der Waals surface area (Å²) in [6.45, 7) is 7.24. The van der Waals surface area contributed by atoms with Crippen LogP contribution in [0.15, 0.2) is 12.4 Å². The first-order chi connectivity index (χ1) is 8.23. The van der Waals surface area contributed by atoms with Gasteiger partial charge in [-0.3, -0.25) is 4.98 Å². The first kappa shape index (κ1) is 12.3. The maximum Gasteiger partial charge on any atom is 0.147 e. The van der Waals surface area contributed by atoms with E-state index < -0.39 is 0 Å². The number of rotatable bonds is 4. The van der Waals surface area contributed by atoms with Crippen molar-refractivity contribution in [2.24, 2.45) is 11.1 Å². The van der Waals surface area contributed by atoms with E-state index in [4.69, 9.17) is 5.73 Å². The summed E-state index contributed by atoms with van der Waals surface area (Å²) in [4.78, 5) is 11.1. The molecule has 1 aliphatic rings. The highest BCUT2D eigenvalue weighted by molar-refractivity contribution is 5.38. The first-order valence-corrected chi connectivity index (χ1v) is 6.49. The molecule has 17 heavy (non-hydrogen) atoms. The van der Waals surface area contributed by atoms with E-state index in [1.54, 1.807) is 6.20 Å². The zero-order valence-electron chi connectivity index (χ0n) is 10.8. The van der Waals surface area contributed by atoms with E-state index in [2.05, 4.69) is 28.7 Å². The van der Waals surface area contributed by atoms with Gasteiger partial charge in [0, 0.05) is 19.6 Å². The van der Waals surface area contributed by atoms with Crippen molar-refractivity contribution in [3.05, 3.63) is 18.1 Å². The van der Waals surface area contributed by atoms with E-state index in [0.29, 0.717) is 12.0 Å². The van der Waals surface area contributed by atoms with Crippen LogP contribution in [0.4, 0.5) is 5.82 Å². The second-order valence-corrected chi connectivity index (χ2v) is 4.95. The largest absolute Gasteiger partial charge is 0.355 e. The molecule has 2 N–H and O–H groups in total. The monoisotopic (exact) mass is 234 g/mol. The molecule has 0 aliphatic carbocycles. The molecule has 4 heteroatoms. The van der Waals surface area contributed by atoms with Gasteiger partial charge in [-0.1, -0.05) is 13.8 Å². The van der Waals surface area contributed by atoms with Gasteiger partial charge in [0.15, 0.2) is 0 Å². The van der Waals surface area contributed by atoms with Gasteiger partial charge in [0.25, 0.3) is 0 Å². The lowest BCUT2D eigenvalue weighted by Crippen LogP contribution is -2.26. The summed E-state index contributed by atoms with van der Waals surface area (Å²) in [7, 11) is 0. The summed E-state index contributed by atoms with van der Waals surface area (Å²) in [6, 6.07) is 0. The highest BCUT2D eigenvalue weighted by Crippen LogP contribution is 2.38. The predicted molar refractivity (Wildman–Crippen MR) is 69.8 cm³/mol. The number of aromatic nitrogens is 2. The van der Waals surface area contributed by atoms with Crippen LogP contribution in [0.5, 0.6) is 0 Å². The Morgan fingerprint density at radius 1 is 1.29 bits per heavy atom. The normalized spacial score (nSPS) is 18.6. The molecule has 1 fully saturated rings. The lowest BCUT2D eigenvalue weighted by molar-refractivity contribution is 0.301.